The normalized spacial score (nSPS) is 24.7. The number of hydrogen-bond donors (Lipinski definition) is 2. The average molecular weight is 222 g/mol. The van der Waals surface area contributed by atoms with Crippen LogP contribution in [0.3, 0.4) is 0 Å². The molecule has 0 aromatic carbocycles. The van der Waals surface area contributed by atoms with Crippen LogP contribution in [0.5, 0.6) is 0 Å². The van der Waals surface area contributed by atoms with Gasteiger partial charge in [0, 0.05) is 6.20 Å². The maximum absolute atomic E-state index is 10.4. The molecule has 1 atom stereocenters. The van der Waals surface area contributed by atoms with E-state index in [1.54, 1.807) is 6.20 Å². The van der Waals surface area contributed by atoms with Crippen LogP contribution in [0.2, 0.25) is 0 Å². The molecule has 1 heterocycles. The molecule has 0 saturated carbocycles. The molecule has 0 saturated heterocycles. The van der Waals surface area contributed by atoms with Crippen molar-refractivity contribution < 1.29 is 5.11 Å². The second-order valence-corrected chi connectivity index (χ2v) is 4.54. The Labute approximate surface area is 94.3 Å². The van der Waals surface area contributed by atoms with Crippen LogP contribution in [0.4, 0.5) is 0 Å². The summed E-state index contributed by atoms with van der Waals surface area (Å²) in [6, 6.07) is 2.05. The number of nitrogens with two attached hydrogens (primary N) is 1. The molecule has 0 radical (unpaired) electrons. The van der Waals surface area contributed by atoms with E-state index < -0.39 is 5.60 Å². The number of aromatic nitrogens is 1. The molecule has 1 aromatic heterocycles. The minimum atomic E-state index is -1.20. The number of thiocarbonyl (C=S) groups is 1. The highest BCUT2D eigenvalue weighted by atomic mass is 32.1. The monoisotopic (exact) mass is 222 g/mol. The summed E-state index contributed by atoms with van der Waals surface area (Å²) in [6.07, 6.45) is 4.15. The van der Waals surface area contributed by atoms with Gasteiger partial charge in [0.1, 0.15) is 4.99 Å². The van der Waals surface area contributed by atoms with Gasteiger partial charge in [0.25, 0.3) is 0 Å². The zero-order valence-electron chi connectivity index (χ0n) is 8.66. The molecule has 3 nitrogen and oxygen atoms in total. The molecular weight excluding hydrogens is 208 g/mol. The summed E-state index contributed by atoms with van der Waals surface area (Å²) in [5, 5.41) is 10.4. The standard InChI is InChI=1S/C11H14N2OS/c1-7-5-8-3-2-4-11(14,10(12)15)9(8)13-6-7/h5-6,14H,2-4H2,1H3,(H2,12,15). The minimum absolute atomic E-state index is 0.125. The van der Waals surface area contributed by atoms with Crippen molar-refractivity contribution >= 4 is 17.2 Å². The largest absolute Gasteiger partial charge is 0.391 e. The molecular formula is C11H14N2OS. The Morgan fingerprint density at radius 1 is 1.67 bits per heavy atom. The van der Waals surface area contributed by atoms with Crippen LogP contribution < -0.4 is 5.73 Å². The second-order valence-electron chi connectivity index (χ2n) is 4.10. The van der Waals surface area contributed by atoms with Gasteiger partial charge < -0.3 is 10.8 Å². The van der Waals surface area contributed by atoms with Crippen molar-refractivity contribution in [2.24, 2.45) is 5.73 Å². The van der Waals surface area contributed by atoms with Crippen molar-refractivity contribution in [2.75, 3.05) is 0 Å². The van der Waals surface area contributed by atoms with Gasteiger partial charge in [-0.25, -0.2) is 0 Å². The minimum Gasteiger partial charge on any atom is -0.391 e. The van der Waals surface area contributed by atoms with E-state index in [0.717, 1.165) is 24.0 Å². The molecule has 1 aliphatic rings. The van der Waals surface area contributed by atoms with Gasteiger partial charge >= 0.3 is 0 Å². The predicted molar refractivity (Wildman–Crippen MR) is 62.6 cm³/mol. The fourth-order valence-corrected chi connectivity index (χ4v) is 2.28. The van der Waals surface area contributed by atoms with Crippen LogP contribution in [-0.2, 0) is 12.0 Å². The van der Waals surface area contributed by atoms with E-state index in [9.17, 15) is 5.11 Å². The number of hydrogen-bond acceptors (Lipinski definition) is 3. The van der Waals surface area contributed by atoms with Crippen LogP contribution in [0.15, 0.2) is 12.3 Å². The molecule has 4 heteroatoms. The van der Waals surface area contributed by atoms with E-state index in [-0.39, 0.29) is 4.99 Å². The highest BCUT2D eigenvalue weighted by molar-refractivity contribution is 7.80. The fraction of sp³-hybridized carbons (Fsp3) is 0.455. The second kappa shape index (κ2) is 3.54. The van der Waals surface area contributed by atoms with Gasteiger partial charge in [0.15, 0.2) is 5.60 Å². The Bertz CT molecular complexity index is 419. The lowest BCUT2D eigenvalue weighted by molar-refractivity contribution is 0.0876. The summed E-state index contributed by atoms with van der Waals surface area (Å²) in [5.41, 5.74) is 7.21. The topological polar surface area (TPSA) is 59.1 Å². The summed E-state index contributed by atoms with van der Waals surface area (Å²) < 4.78 is 0. The Morgan fingerprint density at radius 2 is 2.40 bits per heavy atom. The zero-order valence-corrected chi connectivity index (χ0v) is 9.47. The highest BCUT2D eigenvalue weighted by Gasteiger charge is 2.38. The molecule has 1 aliphatic carbocycles. The van der Waals surface area contributed by atoms with Gasteiger partial charge in [-0.2, -0.15) is 0 Å². The summed E-state index contributed by atoms with van der Waals surface area (Å²) in [4.78, 5) is 4.40. The summed E-state index contributed by atoms with van der Waals surface area (Å²) in [5.74, 6) is 0. The van der Waals surface area contributed by atoms with Crippen molar-refractivity contribution in [3.8, 4) is 0 Å². The van der Waals surface area contributed by atoms with E-state index in [4.69, 9.17) is 18.0 Å². The molecule has 2 rings (SSSR count). The molecule has 80 valence electrons. The first kappa shape index (κ1) is 10.5. The fourth-order valence-electron chi connectivity index (χ4n) is 2.09. The van der Waals surface area contributed by atoms with Crippen molar-refractivity contribution in [1.82, 2.24) is 4.98 Å². The summed E-state index contributed by atoms with van der Waals surface area (Å²) >= 11 is 4.93. The molecule has 15 heavy (non-hydrogen) atoms. The number of aryl methyl sites for hydroxylation is 2. The number of nitrogens with zero attached hydrogens (tertiary/aromatic N) is 1. The Balaban J connectivity index is 2.56. The van der Waals surface area contributed by atoms with Crippen LogP contribution in [0, 0.1) is 6.92 Å². The van der Waals surface area contributed by atoms with E-state index in [1.807, 2.05) is 13.0 Å². The number of pyridine rings is 1. The van der Waals surface area contributed by atoms with Crippen molar-refractivity contribution in [3.63, 3.8) is 0 Å². The van der Waals surface area contributed by atoms with Gasteiger partial charge in [0.05, 0.1) is 5.69 Å². The lowest BCUT2D eigenvalue weighted by Crippen LogP contribution is -2.43. The highest BCUT2D eigenvalue weighted by Crippen LogP contribution is 2.34. The average Bonchev–Trinajstić information content (AvgIpc) is 2.17. The van der Waals surface area contributed by atoms with E-state index in [0.29, 0.717) is 12.1 Å². The third-order valence-corrected chi connectivity index (χ3v) is 3.23. The van der Waals surface area contributed by atoms with Crippen molar-refractivity contribution in [3.05, 3.63) is 29.1 Å². The third-order valence-electron chi connectivity index (χ3n) is 2.89. The molecule has 1 unspecified atom stereocenters. The van der Waals surface area contributed by atoms with E-state index >= 15 is 0 Å². The number of fused-ring (bicyclic) bond motifs is 1. The van der Waals surface area contributed by atoms with Crippen molar-refractivity contribution in [2.45, 2.75) is 31.8 Å². The molecule has 1 aromatic rings. The van der Waals surface area contributed by atoms with Gasteiger partial charge in [-0.15, -0.1) is 0 Å². The first-order valence-corrected chi connectivity index (χ1v) is 5.43. The van der Waals surface area contributed by atoms with Crippen LogP contribution >= 0.6 is 12.2 Å². The third kappa shape index (κ3) is 1.64. The Kier molecular flexibility index (Phi) is 2.48. The van der Waals surface area contributed by atoms with E-state index in [2.05, 4.69) is 4.98 Å². The lowest BCUT2D eigenvalue weighted by atomic mass is 9.82. The lowest BCUT2D eigenvalue weighted by Gasteiger charge is -2.32. The summed E-state index contributed by atoms with van der Waals surface area (Å²) in [7, 11) is 0. The maximum atomic E-state index is 10.4. The van der Waals surface area contributed by atoms with Crippen LogP contribution in [0.1, 0.15) is 29.7 Å². The SMILES string of the molecule is Cc1cnc2c(c1)CCCC2(O)C(N)=S. The smallest absolute Gasteiger partial charge is 0.156 e. The van der Waals surface area contributed by atoms with Crippen LogP contribution in [-0.4, -0.2) is 15.1 Å². The molecule has 0 spiro atoms. The van der Waals surface area contributed by atoms with Gasteiger partial charge in [-0.05, 0) is 37.3 Å². The Morgan fingerprint density at radius 3 is 3.07 bits per heavy atom. The molecule has 0 amide bonds. The summed E-state index contributed by atoms with van der Waals surface area (Å²) in [6.45, 7) is 1.99. The van der Waals surface area contributed by atoms with E-state index in [1.165, 1.54) is 0 Å². The maximum Gasteiger partial charge on any atom is 0.156 e. The quantitative estimate of drug-likeness (QED) is 0.701. The van der Waals surface area contributed by atoms with Crippen LogP contribution in [0.25, 0.3) is 0 Å². The molecule has 3 N–H and O–H groups in total. The zero-order chi connectivity index (χ0) is 11.1. The first-order chi connectivity index (χ1) is 7.04. The van der Waals surface area contributed by atoms with Crippen molar-refractivity contribution in [1.29, 1.82) is 0 Å². The predicted octanol–water partition coefficient (Wildman–Crippen LogP) is 1.20. The van der Waals surface area contributed by atoms with Gasteiger partial charge in [0.2, 0.25) is 0 Å². The number of rotatable bonds is 1. The van der Waals surface area contributed by atoms with Gasteiger partial charge in [-0.1, -0.05) is 18.3 Å². The number of aliphatic hydroxyl groups is 1. The molecule has 0 aliphatic heterocycles. The Hall–Kier alpha value is -1.00. The first-order valence-electron chi connectivity index (χ1n) is 5.02. The van der Waals surface area contributed by atoms with Gasteiger partial charge in [-0.3, -0.25) is 4.98 Å². The molecule has 0 bridgehead atoms. The molecule has 0 fully saturated rings.